The molecule has 0 saturated carbocycles. The lowest BCUT2D eigenvalue weighted by molar-refractivity contribution is -0.384. The summed E-state index contributed by atoms with van der Waals surface area (Å²) in [5.74, 6) is -0.0760. The number of carbonyl (C=O) groups excluding carboxylic acids is 1. The van der Waals surface area contributed by atoms with E-state index in [-0.39, 0.29) is 55.8 Å². The summed E-state index contributed by atoms with van der Waals surface area (Å²) < 4.78 is 44.0. The third-order valence-corrected chi connectivity index (χ3v) is 4.88. The van der Waals surface area contributed by atoms with Gasteiger partial charge in [0, 0.05) is 44.4 Å². The number of anilines is 1. The lowest BCUT2D eigenvalue weighted by atomic mass is 10.1. The number of benzene rings is 2. The Hall–Kier alpha value is -3.90. The van der Waals surface area contributed by atoms with Gasteiger partial charge in [-0.15, -0.1) is 0 Å². The number of nitro benzene ring substituents is 2. The van der Waals surface area contributed by atoms with Gasteiger partial charge in [-0.2, -0.15) is 13.2 Å². The van der Waals surface area contributed by atoms with Gasteiger partial charge in [0.05, 0.1) is 15.4 Å². The summed E-state index contributed by atoms with van der Waals surface area (Å²) in [6.45, 7) is 0.463. The van der Waals surface area contributed by atoms with E-state index < -0.39 is 27.3 Å². The van der Waals surface area contributed by atoms with Gasteiger partial charge in [-0.1, -0.05) is 0 Å². The van der Waals surface area contributed by atoms with Gasteiger partial charge in [0.2, 0.25) is 0 Å². The van der Waals surface area contributed by atoms with Gasteiger partial charge < -0.3 is 14.5 Å². The molecule has 1 heterocycles. The number of non-ortho nitro benzene ring substituents is 1. The van der Waals surface area contributed by atoms with E-state index in [1.807, 2.05) is 0 Å². The van der Waals surface area contributed by atoms with Gasteiger partial charge in [0.25, 0.3) is 17.3 Å². The summed E-state index contributed by atoms with van der Waals surface area (Å²) >= 11 is 0. The van der Waals surface area contributed by atoms with Crippen molar-refractivity contribution >= 4 is 23.0 Å². The van der Waals surface area contributed by atoms with Crippen LogP contribution >= 0.6 is 0 Å². The summed E-state index contributed by atoms with van der Waals surface area (Å²) in [5.41, 5.74) is -1.82. The predicted molar refractivity (Wildman–Crippen MR) is 105 cm³/mol. The van der Waals surface area contributed by atoms with Crippen LogP contribution in [0.25, 0.3) is 0 Å². The van der Waals surface area contributed by atoms with Crippen LogP contribution in [0.2, 0.25) is 0 Å². The fourth-order valence-corrected chi connectivity index (χ4v) is 3.21. The first-order chi connectivity index (χ1) is 15.1. The molecule has 10 nitrogen and oxygen atoms in total. The minimum Gasteiger partial charge on any atom is -0.484 e. The number of alkyl halides is 3. The van der Waals surface area contributed by atoms with E-state index in [1.165, 1.54) is 29.2 Å². The second-order valence-corrected chi connectivity index (χ2v) is 6.87. The van der Waals surface area contributed by atoms with Crippen LogP contribution in [0.15, 0.2) is 42.5 Å². The standard InChI is InChI=1S/C19H17F3N4O6/c20-19(21,22)13-1-6-16(17(11-13)26(30)31)23-7-9-24(10-8-23)18(27)12-32-15-4-2-14(3-5-15)25(28)29/h1-6,11H,7-10,12H2. The maximum Gasteiger partial charge on any atom is 0.416 e. The highest BCUT2D eigenvalue weighted by molar-refractivity contribution is 5.78. The summed E-state index contributed by atoms with van der Waals surface area (Å²) in [5, 5.41) is 21.9. The zero-order chi connectivity index (χ0) is 23.5. The summed E-state index contributed by atoms with van der Waals surface area (Å²) in [6, 6.07) is 7.59. The highest BCUT2D eigenvalue weighted by atomic mass is 19.4. The van der Waals surface area contributed by atoms with Crippen LogP contribution in [-0.4, -0.2) is 53.4 Å². The van der Waals surface area contributed by atoms with E-state index in [1.54, 1.807) is 4.90 Å². The number of carbonyl (C=O) groups is 1. The van der Waals surface area contributed by atoms with Crippen molar-refractivity contribution < 1.29 is 32.5 Å². The quantitative estimate of drug-likeness (QED) is 0.485. The molecule has 1 aliphatic rings. The topological polar surface area (TPSA) is 119 Å². The van der Waals surface area contributed by atoms with Crippen molar-refractivity contribution in [1.29, 1.82) is 0 Å². The maximum absolute atomic E-state index is 12.9. The van der Waals surface area contributed by atoms with Crippen LogP contribution in [0, 0.1) is 20.2 Å². The number of hydrogen-bond donors (Lipinski definition) is 0. The Balaban J connectivity index is 1.59. The molecule has 0 bridgehead atoms. The molecule has 1 aliphatic heterocycles. The first-order valence-electron chi connectivity index (χ1n) is 9.32. The van der Waals surface area contributed by atoms with Crippen LogP contribution in [-0.2, 0) is 11.0 Å². The largest absolute Gasteiger partial charge is 0.484 e. The number of hydrogen-bond acceptors (Lipinski definition) is 7. The highest BCUT2D eigenvalue weighted by Gasteiger charge is 2.34. The molecule has 2 aromatic carbocycles. The average molecular weight is 454 g/mol. The molecule has 0 aromatic heterocycles. The Bertz CT molecular complexity index is 1020. The summed E-state index contributed by atoms with van der Waals surface area (Å²) in [6.07, 6.45) is -4.70. The van der Waals surface area contributed by atoms with Crippen LogP contribution in [0.1, 0.15) is 5.56 Å². The van der Waals surface area contributed by atoms with Crippen LogP contribution in [0.3, 0.4) is 0 Å². The first kappa shape index (κ1) is 22.8. The molecule has 0 spiro atoms. The van der Waals surface area contributed by atoms with Gasteiger partial charge in [0.1, 0.15) is 11.4 Å². The first-order valence-corrected chi connectivity index (χ1v) is 9.32. The molecule has 170 valence electrons. The minimum atomic E-state index is -4.70. The van der Waals surface area contributed by atoms with Crippen LogP contribution in [0.4, 0.5) is 30.2 Å². The Kier molecular flexibility index (Phi) is 6.46. The molecule has 0 atom stereocenters. The van der Waals surface area contributed by atoms with Crippen LogP contribution in [0.5, 0.6) is 5.75 Å². The van der Waals surface area contributed by atoms with Crippen molar-refractivity contribution in [1.82, 2.24) is 4.90 Å². The van der Waals surface area contributed by atoms with Crippen molar-refractivity contribution in [2.24, 2.45) is 0 Å². The third kappa shape index (κ3) is 5.22. The van der Waals surface area contributed by atoms with Crippen molar-refractivity contribution in [2.45, 2.75) is 6.18 Å². The molecule has 32 heavy (non-hydrogen) atoms. The van der Waals surface area contributed by atoms with Gasteiger partial charge in [-0.25, -0.2) is 0 Å². The number of nitro groups is 2. The highest BCUT2D eigenvalue weighted by Crippen LogP contribution is 2.36. The lowest BCUT2D eigenvalue weighted by Crippen LogP contribution is -2.50. The fraction of sp³-hybridized carbons (Fsp3) is 0.316. The normalized spacial score (nSPS) is 14.2. The molecule has 1 fully saturated rings. The van der Waals surface area contributed by atoms with Crippen molar-refractivity contribution in [3.05, 3.63) is 68.3 Å². The third-order valence-electron chi connectivity index (χ3n) is 4.88. The van der Waals surface area contributed by atoms with E-state index in [4.69, 9.17) is 4.74 Å². The molecule has 2 aromatic rings. The van der Waals surface area contributed by atoms with Gasteiger partial charge >= 0.3 is 6.18 Å². The number of halogens is 3. The number of ether oxygens (including phenoxy) is 1. The molecule has 1 saturated heterocycles. The molecule has 13 heteroatoms. The lowest BCUT2D eigenvalue weighted by Gasteiger charge is -2.35. The SMILES string of the molecule is O=C(COc1ccc([N+](=O)[O-])cc1)N1CCN(c2ccc(C(F)(F)F)cc2[N+](=O)[O-])CC1. The zero-order valence-electron chi connectivity index (χ0n) is 16.4. The number of amides is 1. The molecule has 0 radical (unpaired) electrons. The molecular weight excluding hydrogens is 437 g/mol. The van der Waals surface area contributed by atoms with Gasteiger partial charge in [0.15, 0.2) is 6.61 Å². The van der Waals surface area contributed by atoms with E-state index >= 15 is 0 Å². The second-order valence-electron chi connectivity index (χ2n) is 6.87. The number of rotatable bonds is 6. The Morgan fingerprint density at radius 2 is 1.59 bits per heavy atom. The van der Waals surface area contributed by atoms with E-state index in [0.29, 0.717) is 6.07 Å². The minimum absolute atomic E-state index is 0.0530. The molecule has 0 N–H and O–H groups in total. The van der Waals surface area contributed by atoms with E-state index in [9.17, 15) is 38.2 Å². The molecule has 0 unspecified atom stereocenters. The number of nitrogens with zero attached hydrogens (tertiary/aromatic N) is 4. The van der Waals surface area contributed by atoms with Crippen LogP contribution < -0.4 is 9.64 Å². The molecule has 0 aliphatic carbocycles. The Morgan fingerprint density at radius 1 is 0.969 bits per heavy atom. The maximum atomic E-state index is 12.9. The Labute approximate surface area is 179 Å². The fourth-order valence-electron chi connectivity index (χ4n) is 3.21. The average Bonchev–Trinajstić information content (AvgIpc) is 2.76. The summed E-state index contributed by atoms with van der Waals surface area (Å²) in [7, 11) is 0. The zero-order valence-corrected chi connectivity index (χ0v) is 16.4. The van der Waals surface area contributed by atoms with E-state index in [2.05, 4.69) is 0 Å². The predicted octanol–water partition coefficient (Wildman–Crippen LogP) is 3.25. The monoisotopic (exact) mass is 454 g/mol. The number of piperazine rings is 1. The van der Waals surface area contributed by atoms with Gasteiger partial charge in [-0.05, 0) is 24.3 Å². The second kappa shape index (κ2) is 9.08. The van der Waals surface area contributed by atoms with Crippen molar-refractivity contribution in [3.63, 3.8) is 0 Å². The molecule has 3 rings (SSSR count). The summed E-state index contributed by atoms with van der Waals surface area (Å²) in [4.78, 5) is 35.9. The molecular formula is C19H17F3N4O6. The van der Waals surface area contributed by atoms with Crippen molar-refractivity contribution in [2.75, 3.05) is 37.7 Å². The molecule has 1 amide bonds. The Morgan fingerprint density at radius 3 is 2.12 bits per heavy atom. The van der Waals surface area contributed by atoms with Gasteiger partial charge in [-0.3, -0.25) is 25.0 Å². The van der Waals surface area contributed by atoms with Crippen molar-refractivity contribution in [3.8, 4) is 5.75 Å². The van der Waals surface area contributed by atoms with E-state index in [0.717, 1.165) is 12.1 Å². The smallest absolute Gasteiger partial charge is 0.416 e.